The summed E-state index contributed by atoms with van der Waals surface area (Å²) in [5, 5.41) is 4.57. The molecule has 0 aliphatic rings. The first kappa shape index (κ1) is 18.2. The number of nitrogens with one attached hydrogen (secondary N) is 1. The molecule has 132 valence electrons. The molecule has 0 aliphatic heterocycles. The van der Waals surface area contributed by atoms with E-state index in [1.807, 2.05) is 42.5 Å². The quantitative estimate of drug-likeness (QED) is 0.473. The van der Waals surface area contributed by atoms with E-state index in [0.29, 0.717) is 15.6 Å². The molecule has 1 amide bonds. The number of rotatable bonds is 5. The summed E-state index contributed by atoms with van der Waals surface area (Å²) in [4.78, 5) is 24.7. The second-order valence-corrected chi connectivity index (χ2v) is 6.83. The molecule has 0 radical (unpaired) electrons. The van der Waals surface area contributed by atoms with Gasteiger partial charge in [-0.3, -0.25) is 4.79 Å². The van der Waals surface area contributed by atoms with Crippen LogP contribution in [0.15, 0.2) is 54.6 Å². The molecule has 1 heterocycles. The van der Waals surface area contributed by atoms with Gasteiger partial charge in [-0.05, 0) is 30.7 Å². The Bertz CT molecular complexity index is 994. The van der Waals surface area contributed by atoms with Gasteiger partial charge in [-0.1, -0.05) is 48.0 Å². The van der Waals surface area contributed by atoms with Crippen molar-refractivity contribution in [1.29, 1.82) is 0 Å². The molecule has 1 aromatic heterocycles. The molecule has 0 spiro atoms. The lowest BCUT2D eigenvalue weighted by molar-refractivity contribution is -0.111. The van der Waals surface area contributed by atoms with E-state index in [0.717, 1.165) is 15.6 Å². The highest BCUT2D eigenvalue weighted by molar-refractivity contribution is 7.23. The summed E-state index contributed by atoms with van der Waals surface area (Å²) in [6, 6.07) is 14.7. The van der Waals surface area contributed by atoms with E-state index in [1.54, 1.807) is 19.1 Å². The number of amides is 1. The highest BCUT2D eigenvalue weighted by Crippen LogP contribution is 2.36. The van der Waals surface area contributed by atoms with E-state index >= 15 is 0 Å². The predicted octanol–water partition coefficient (Wildman–Crippen LogP) is 5.38. The number of ether oxygens (including phenoxy) is 1. The average molecular weight is 386 g/mol. The molecule has 0 aliphatic carbocycles. The van der Waals surface area contributed by atoms with Gasteiger partial charge in [-0.15, -0.1) is 11.3 Å². The Labute approximate surface area is 160 Å². The van der Waals surface area contributed by atoms with Crippen molar-refractivity contribution >= 4 is 56.0 Å². The molecule has 6 heteroatoms. The van der Waals surface area contributed by atoms with Crippen molar-refractivity contribution in [3.63, 3.8) is 0 Å². The number of benzene rings is 2. The fourth-order valence-electron chi connectivity index (χ4n) is 2.47. The van der Waals surface area contributed by atoms with Crippen LogP contribution >= 0.6 is 22.9 Å². The van der Waals surface area contributed by atoms with Gasteiger partial charge in [0.25, 0.3) is 0 Å². The lowest BCUT2D eigenvalue weighted by Gasteiger charge is -2.05. The minimum atomic E-state index is -0.449. The zero-order chi connectivity index (χ0) is 18.5. The Hall–Kier alpha value is -2.63. The van der Waals surface area contributed by atoms with Gasteiger partial charge in [0, 0.05) is 21.2 Å². The van der Waals surface area contributed by atoms with E-state index in [2.05, 4.69) is 5.32 Å². The smallest absolute Gasteiger partial charge is 0.341 e. The predicted molar refractivity (Wildman–Crippen MR) is 107 cm³/mol. The Kier molecular flexibility index (Phi) is 5.71. The Morgan fingerprint density at radius 1 is 1.15 bits per heavy atom. The van der Waals surface area contributed by atoms with Gasteiger partial charge < -0.3 is 10.1 Å². The first-order valence-electron chi connectivity index (χ1n) is 8.02. The molecule has 4 nitrogen and oxygen atoms in total. The summed E-state index contributed by atoms with van der Waals surface area (Å²) < 4.78 is 6.05. The summed E-state index contributed by atoms with van der Waals surface area (Å²) in [7, 11) is 0. The summed E-state index contributed by atoms with van der Waals surface area (Å²) in [5.41, 5.74) is 1.12. The standard InChI is InChI=1S/C20H16ClNO3S/c1-2-25-20(24)18-14-8-4-6-10-16(14)26-19(18)22-17(23)12-11-13-7-3-5-9-15(13)21/h3-12H,2H2,1H3,(H,22,23)/b12-11+. The zero-order valence-corrected chi connectivity index (χ0v) is 15.6. The summed E-state index contributed by atoms with van der Waals surface area (Å²) in [6.45, 7) is 2.01. The van der Waals surface area contributed by atoms with Crippen LogP contribution < -0.4 is 5.32 Å². The molecule has 0 atom stereocenters. The van der Waals surface area contributed by atoms with Crippen molar-refractivity contribution in [2.24, 2.45) is 0 Å². The maximum atomic E-state index is 12.3. The average Bonchev–Trinajstić information content (AvgIpc) is 2.99. The van der Waals surface area contributed by atoms with Crippen LogP contribution in [0.3, 0.4) is 0 Å². The molecular formula is C20H16ClNO3S. The van der Waals surface area contributed by atoms with E-state index in [1.165, 1.54) is 17.4 Å². The van der Waals surface area contributed by atoms with Gasteiger partial charge in [0.2, 0.25) is 5.91 Å². The van der Waals surface area contributed by atoms with Crippen LogP contribution in [0.4, 0.5) is 5.00 Å². The van der Waals surface area contributed by atoms with Gasteiger partial charge in [-0.2, -0.15) is 0 Å². The molecule has 0 unspecified atom stereocenters. The number of hydrogen-bond acceptors (Lipinski definition) is 4. The summed E-state index contributed by atoms with van der Waals surface area (Å²) in [5.74, 6) is -0.794. The number of carbonyl (C=O) groups excluding carboxylic acids is 2. The largest absolute Gasteiger partial charge is 0.462 e. The van der Waals surface area contributed by atoms with Crippen molar-refractivity contribution in [1.82, 2.24) is 0 Å². The lowest BCUT2D eigenvalue weighted by atomic mass is 10.1. The maximum Gasteiger partial charge on any atom is 0.341 e. The fourth-order valence-corrected chi connectivity index (χ4v) is 3.76. The molecule has 0 bridgehead atoms. The van der Waals surface area contributed by atoms with Gasteiger partial charge in [0.1, 0.15) is 10.6 Å². The van der Waals surface area contributed by atoms with Gasteiger partial charge in [0.15, 0.2) is 0 Å². The molecule has 2 aromatic carbocycles. The van der Waals surface area contributed by atoms with Crippen molar-refractivity contribution in [3.05, 3.63) is 70.8 Å². The van der Waals surface area contributed by atoms with E-state index in [4.69, 9.17) is 16.3 Å². The van der Waals surface area contributed by atoms with Crippen LogP contribution in [0.2, 0.25) is 5.02 Å². The van der Waals surface area contributed by atoms with Crippen LogP contribution in [0.5, 0.6) is 0 Å². The third kappa shape index (κ3) is 3.95. The van der Waals surface area contributed by atoms with Crippen LogP contribution in [-0.2, 0) is 9.53 Å². The van der Waals surface area contributed by atoms with Crippen molar-refractivity contribution in [2.75, 3.05) is 11.9 Å². The van der Waals surface area contributed by atoms with Crippen LogP contribution in [-0.4, -0.2) is 18.5 Å². The molecule has 0 saturated carbocycles. The highest BCUT2D eigenvalue weighted by atomic mass is 35.5. The summed E-state index contributed by atoms with van der Waals surface area (Å²) >= 11 is 7.42. The SMILES string of the molecule is CCOC(=O)c1c(NC(=O)/C=C/c2ccccc2Cl)sc2ccccc12. The van der Waals surface area contributed by atoms with Gasteiger partial charge >= 0.3 is 5.97 Å². The monoisotopic (exact) mass is 385 g/mol. The van der Waals surface area contributed by atoms with Crippen molar-refractivity contribution in [3.8, 4) is 0 Å². The summed E-state index contributed by atoms with van der Waals surface area (Å²) in [6.07, 6.45) is 3.02. The van der Waals surface area contributed by atoms with Crippen molar-refractivity contribution in [2.45, 2.75) is 6.92 Å². The normalized spacial score (nSPS) is 11.0. The molecule has 0 saturated heterocycles. The number of thiophene rings is 1. The molecule has 26 heavy (non-hydrogen) atoms. The molecule has 0 fully saturated rings. The number of carbonyl (C=O) groups is 2. The topological polar surface area (TPSA) is 55.4 Å². The first-order chi connectivity index (χ1) is 12.6. The number of hydrogen-bond donors (Lipinski definition) is 1. The minimum Gasteiger partial charge on any atom is -0.462 e. The number of halogens is 1. The Balaban J connectivity index is 1.88. The van der Waals surface area contributed by atoms with Crippen molar-refractivity contribution < 1.29 is 14.3 Å². The third-order valence-corrected chi connectivity index (χ3v) is 5.06. The van der Waals surface area contributed by atoms with E-state index < -0.39 is 5.97 Å². The van der Waals surface area contributed by atoms with Crippen LogP contribution in [0.25, 0.3) is 16.2 Å². The number of anilines is 1. The van der Waals surface area contributed by atoms with Crippen LogP contribution in [0, 0.1) is 0 Å². The minimum absolute atomic E-state index is 0.267. The molecule has 3 rings (SSSR count). The maximum absolute atomic E-state index is 12.3. The van der Waals surface area contributed by atoms with E-state index in [-0.39, 0.29) is 12.5 Å². The second-order valence-electron chi connectivity index (χ2n) is 5.37. The van der Waals surface area contributed by atoms with Gasteiger partial charge in [-0.25, -0.2) is 4.79 Å². The number of esters is 1. The molecule has 1 N–H and O–H groups in total. The molecular weight excluding hydrogens is 370 g/mol. The zero-order valence-electron chi connectivity index (χ0n) is 14.0. The second kappa shape index (κ2) is 8.17. The first-order valence-corrected chi connectivity index (χ1v) is 9.22. The molecule has 3 aromatic rings. The Morgan fingerprint density at radius 3 is 2.65 bits per heavy atom. The van der Waals surface area contributed by atoms with Crippen LogP contribution in [0.1, 0.15) is 22.8 Å². The number of fused-ring (bicyclic) bond motifs is 1. The third-order valence-electron chi connectivity index (χ3n) is 3.63. The highest BCUT2D eigenvalue weighted by Gasteiger charge is 2.20. The lowest BCUT2D eigenvalue weighted by Crippen LogP contribution is -2.12. The van der Waals surface area contributed by atoms with E-state index in [9.17, 15) is 9.59 Å². The van der Waals surface area contributed by atoms with Gasteiger partial charge in [0.05, 0.1) is 6.61 Å². The fraction of sp³-hybridized carbons (Fsp3) is 0.100. The Morgan fingerprint density at radius 2 is 1.88 bits per heavy atom.